The first kappa shape index (κ1) is 13.0. The lowest BCUT2D eigenvalue weighted by molar-refractivity contribution is 0.0949. The number of carbonyl (C=O) groups is 1. The molecule has 0 saturated carbocycles. The zero-order valence-corrected chi connectivity index (χ0v) is 11.2. The number of carbonyl (C=O) groups excluding carboxylic acids is 1. The van der Waals surface area contributed by atoms with Crippen LogP contribution in [0.15, 0.2) is 43.1 Å². The maximum atomic E-state index is 12.0. The molecule has 106 valence electrons. The number of hydrogen-bond acceptors (Lipinski definition) is 4. The van der Waals surface area contributed by atoms with Gasteiger partial charge in [-0.1, -0.05) is 0 Å². The van der Waals surface area contributed by atoms with Crippen molar-refractivity contribution < 1.29 is 4.79 Å². The highest BCUT2D eigenvalue weighted by atomic mass is 16.1. The van der Waals surface area contributed by atoms with Crippen molar-refractivity contribution in [2.45, 2.75) is 6.42 Å². The molecule has 3 heterocycles. The van der Waals surface area contributed by atoms with Gasteiger partial charge in [-0.2, -0.15) is 5.10 Å². The Morgan fingerprint density at radius 1 is 1.29 bits per heavy atom. The Morgan fingerprint density at radius 3 is 3.00 bits per heavy atom. The van der Waals surface area contributed by atoms with Crippen LogP contribution in [0.5, 0.6) is 0 Å². The first-order chi connectivity index (χ1) is 10.3. The second-order valence-electron chi connectivity index (χ2n) is 4.49. The Bertz CT molecular complexity index is 704. The molecule has 21 heavy (non-hydrogen) atoms. The van der Waals surface area contributed by atoms with E-state index in [-0.39, 0.29) is 5.91 Å². The van der Waals surface area contributed by atoms with E-state index in [2.05, 4.69) is 30.5 Å². The highest BCUT2D eigenvalue weighted by Crippen LogP contribution is 2.15. The van der Waals surface area contributed by atoms with Gasteiger partial charge in [0.25, 0.3) is 5.91 Å². The lowest BCUT2D eigenvalue weighted by Crippen LogP contribution is -2.26. The van der Waals surface area contributed by atoms with Crippen molar-refractivity contribution in [2.24, 2.45) is 0 Å². The summed E-state index contributed by atoms with van der Waals surface area (Å²) >= 11 is 0. The summed E-state index contributed by atoms with van der Waals surface area (Å²) in [6, 6.07) is 5.43. The number of aromatic amines is 2. The number of H-pyrrole nitrogens is 2. The predicted molar refractivity (Wildman–Crippen MR) is 76.4 cm³/mol. The van der Waals surface area contributed by atoms with E-state index in [9.17, 15) is 4.79 Å². The highest BCUT2D eigenvalue weighted by Gasteiger charge is 2.10. The van der Waals surface area contributed by atoms with E-state index < -0.39 is 0 Å². The van der Waals surface area contributed by atoms with Gasteiger partial charge in [0, 0.05) is 42.8 Å². The minimum absolute atomic E-state index is 0.183. The summed E-state index contributed by atoms with van der Waals surface area (Å²) in [4.78, 5) is 22.9. The monoisotopic (exact) mass is 282 g/mol. The number of aromatic nitrogens is 5. The van der Waals surface area contributed by atoms with Gasteiger partial charge in [0.2, 0.25) is 0 Å². The zero-order chi connectivity index (χ0) is 14.5. The summed E-state index contributed by atoms with van der Waals surface area (Å²) in [6.45, 7) is 0.530. The molecule has 0 spiro atoms. The Labute approximate surface area is 120 Å². The molecule has 0 fully saturated rings. The molecule has 3 aromatic rings. The Balaban J connectivity index is 1.59. The third-order valence-corrected chi connectivity index (χ3v) is 3.01. The number of nitrogens with zero attached hydrogens (tertiary/aromatic N) is 3. The molecule has 0 saturated heterocycles. The van der Waals surface area contributed by atoms with Crippen LogP contribution in [0.3, 0.4) is 0 Å². The van der Waals surface area contributed by atoms with E-state index in [1.54, 1.807) is 31.0 Å². The summed E-state index contributed by atoms with van der Waals surface area (Å²) in [5.74, 6) is -0.183. The van der Waals surface area contributed by atoms with Crippen LogP contribution >= 0.6 is 0 Å². The second kappa shape index (κ2) is 6.00. The maximum Gasteiger partial charge on any atom is 0.269 e. The van der Waals surface area contributed by atoms with E-state index in [1.165, 1.54) is 0 Å². The number of hydrogen-bond donors (Lipinski definition) is 3. The molecule has 0 aliphatic rings. The molecule has 3 rings (SSSR count). The van der Waals surface area contributed by atoms with Gasteiger partial charge >= 0.3 is 0 Å². The maximum absolute atomic E-state index is 12.0. The summed E-state index contributed by atoms with van der Waals surface area (Å²) in [5, 5.41) is 9.69. The van der Waals surface area contributed by atoms with E-state index in [1.807, 2.05) is 12.1 Å². The Kier molecular flexibility index (Phi) is 3.72. The fourth-order valence-corrected chi connectivity index (χ4v) is 1.93. The van der Waals surface area contributed by atoms with Crippen molar-refractivity contribution in [3.63, 3.8) is 0 Å². The fourth-order valence-electron chi connectivity index (χ4n) is 1.93. The van der Waals surface area contributed by atoms with Crippen LogP contribution in [0.4, 0.5) is 0 Å². The molecule has 0 bridgehead atoms. The number of nitrogens with one attached hydrogen (secondary N) is 3. The minimum atomic E-state index is -0.183. The van der Waals surface area contributed by atoms with Crippen LogP contribution in [-0.2, 0) is 6.42 Å². The molecule has 7 nitrogen and oxygen atoms in total. The molecule has 0 aliphatic heterocycles. The lowest BCUT2D eigenvalue weighted by atomic mass is 10.2. The summed E-state index contributed by atoms with van der Waals surface area (Å²) in [7, 11) is 0. The summed E-state index contributed by atoms with van der Waals surface area (Å²) in [6.07, 6.45) is 7.46. The van der Waals surface area contributed by atoms with E-state index in [0.717, 1.165) is 11.3 Å². The van der Waals surface area contributed by atoms with Gasteiger partial charge in [0.15, 0.2) is 0 Å². The molecule has 0 radical (unpaired) electrons. The largest absolute Gasteiger partial charge is 0.350 e. The first-order valence-electron chi connectivity index (χ1n) is 6.54. The van der Waals surface area contributed by atoms with Crippen LogP contribution in [0.25, 0.3) is 11.3 Å². The van der Waals surface area contributed by atoms with Crippen LogP contribution in [0.2, 0.25) is 0 Å². The van der Waals surface area contributed by atoms with Gasteiger partial charge in [-0.25, -0.2) is 4.98 Å². The zero-order valence-electron chi connectivity index (χ0n) is 11.2. The van der Waals surface area contributed by atoms with Gasteiger partial charge in [0.05, 0.1) is 12.0 Å². The number of amides is 1. The molecule has 7 heteroatoms. The molecule has 3 aromatic heterocycles. The molecular weight excluding hydrogens is 268 g/mol. The topological polar surface area (TPSA) is 99.3 Å². The number of imidazole rings is 1. The third kappa shape index (κ3) is 3.14. The molecule has 0 atom stereocenters. The van der Waals surface area contributed by atoms with Crippen LogP contribution in [0.1, 0.15) is 16.2 Å². The van der Waals surface area contributed by atoms with Gasteiger partial charge in [-0.05, 0) is 18.2 Å². The molecule has 1 amide bonds. The minimum Gasteiger partial charge on any atom is -0.350 e. The van der Waals surface area contributed by atoms with Crippen molar-refractivity contribution in [3.8, 4) is 11.3 Å². The van der Waals surface area contributed by atoms with Gasteiger partial charge in [-0.15, -0.1) is 0 Å². The number of pyridine rings is 1. The van der Waals surface area contributed by atoms with Gasteiger partial charge < -0.3 is 10.3 Å². The van der Waals surface area contributed by atoms with Crippen molar-refractivity contribution in [2.75, 3.05) is 6.54 Å². The summed E-state index contributed by atoms with van der Waals surface area (Å²) < 4.78 is 0. The normalized spacial score (nSPS) is 10.5. The van der Waals surface area contributed by atoms with Crippen molar-refractivity contribution in [3.05, 3.63) is 54.5 Å². The molecule has 0 unspecified atom stereocenters. The first-order valence-corrected chi connectivity index (χ1v) is 6.54. The van der Waals surface area contributed by atoms with Crippen molar-refractivity contribution >= 4 is 5.91 Å². The van der Waals surface area contributed by atoms with Gasteiger partial charge in [-0.3, -0.25) is 14.9 Å². The van der Waals surface area contributed by atoms with E-state index >= 15 is 0 Å². The fraction of sp³-hybridized carbons (Fsp3) is 0.143. The molecular formula is C14H14N6O. The summed E-state index contributed by atoms with van der Waals surface area (Å²) in [5.41, 5.74) is 2.97. The lowest BCUT2D eigenvalue weighted by Gasteiger charge is -2.01. The SMILES string of the molecule is O=C(NCCc1cnc[nH]1)c1cc(-c2cccnc2)n[nH]1. The quantitative estimate of drug-likeness (QED) is 0.654. The Morgan fingerprint density at radius 2 is 2.24 bits per heavy atom. The average Bonchev–Trinajstić information content (AvgIpc) is 3.20. The van der Waals surface area contributed by atoms with Crippen LogP contribution in [-0.4, -0.2) is 37.6 Å². The Hall–Kier alpha value is -2.96. The smallest absolute Gasteiger partial charge is 0.269 e. The van der Waals surface area contributed by atoms with E-state index in [4.69, 9.17) is 0 Å². The molecule has 0 aliphatic carbocycles. The number of rotatable bonds is 5. The van der Waals surface area contributed by atoms with Gasteiger partial charge in [0.1, 0.15) is 5.69 Å². The highest BCUT2D eigenvalue weighted by molar-refractivity contribution is 5.93. The molecule has 0 aromatic carbocycles. The average molecular weight is 282 g/mol. The third-order valence-electron chi connectivity index (χ3n) is 3.01. The van der Waals surface area contributed by atoms with Crippen molar-refractivity contribution in [1.82, 2.24) is 30.5 Å². The van der Waals surface area contributed by atoms with E-state index in [0.29, 0.717) is 24.4 Å². The molecule has 3 N–H and O–H groups in total. The predicted octanol–water partition coefficient (Wildman–Crippen LogP) is 1.17. The van der Waals surface area contributed by atoms with Crippen LogP contribution < -0.4 is 5.32 Å². The van der Waals surface area contributed by atoms with Crippen molar-refractivity contribution in [1.29, 1.82) is 0 Å². The second-order valence-corrected chi connectivity index (χ2v) is 4.49. The van der Waals surface area contributed by atoms with Crippen LogP contribution in [0, 0.1) is 0 Å². The standard InChI is InChI=1S/C14H14N6O/c21-14(17-5-3-11-8-16-9-18-11)13-6-12(19-20-13)10-2-1-4-15-7-10/h1-2,4,6-9H,3,5H2,(H,16,18)(H,17,21)(H,19,20).